The number of nitrogens with one attached hydrogen (secondary N) is 1. The Morgan fingerprint density at radius 2 is 2.23 bits per heavy atom. The van der Waals surface area contributed by atoms with Crippen molar-refractivity contribution >= 4 is 29.3 Å². The Kier molecular flexibility index (Phi) is 5.25. The number of amides is 1. The molecule has 1 fully saturated rings. The van der Waals surface area contributed by atoms with E-state index in [0.717, 1.165) is 35.0 Å². The van der Waals surface area contributed by atoms with Gasteiger partial charge < -0.3 is 10.1 Å². The van der Waals surface area contributed by atoms with E-state index in [1.165, 1.54) is 11.8 Å². The van der Waals surface area contributed by atoms with Gasteiger partial charge in [0.05, 0.1) is 23.5 Å². The fraction of sp³-hybridized carbons (Fsp3) is 0.286. The van der Waals surface area contributed by atoms with Crippen LogP contribution in [0.2, 0.25) is 5.02 Å². The number of thioether (sulfide) groups is 1. The topological polar surface area (TPSA) is 75.5 Å². The molecule has 10 heteroatoms. The van der Waals surface area contributed by atoms with Crippen LogP contribution in [0.15, 0.2) is 59.7 Å². The molecule has 0 spiro atoms. The lowest BCUT2D eigenvalue weighted by Gasteiger charge is -2.41. The van der Waals surface area contributed by atoms with Crippen LogP contribution in [0.5, 0.6) is 5.88 Å². The van der Waals surface area contributed by atoms with E-state index in [2.05, 4.69) is 37.6 Å². The minimum Gasteiger partial charge on any atom is -0.480 e. The molecule has 5 heterocycles. The molecule has 160 valence electrons. The summed E-state index contributed by atoms with van der Waals surface area (Å²) < 4.78 is 6.64. The maximum Gasteiger partial charge on any atom is 0.274 e. The van der Waals surface area contributed by atoms with Crippen molar-refractivity contribution in [3.05, 3.63) is 70.4 Å². The molecule has 0 saturated carbocycles. The van der Waals surface area contributed by atoms with Crippen molar-refractivity contribution in [1.29, 1.82) is 0 Å². The predicted octanol–water partition coefficient (Wildman–Crippen LogP) is 2.99. The fourth-order valence-electron chi connectivity index (χ4n) is 3.67. The Balaban J connectivity index is 1.44. The Labute approximate surface area is 189 Å². The van der Waals surface area contributed by atoms with E-state index in [4.69, 9.17) is 16.3 Å². The monoisotopic (exact) mass is 456 g/mol. The smallest absolute Gasteiger partial charge is 0.274 e. The first-order valence-corrected chi connectivity index (χ1v) is 11.4. The van der Waals surface area contributed by atoms with Crippen LogP contribution < -0.4 is 10.1 Å². The number of allylic oxidation sites excluding steroid dienone is 2. The molecule has 31 heavy (non-hydrogen) atoms. The summed E-state index contributed by atoms with van der Waals surface area (Å²) in [7, 11) is 1.50. The number of carbonyl (C=O) groups is 1. The van der Waals surface area contributed by atoms with Crippen LogP contribution in [0.4, 0.5) is 0 Å². The first-order valence-electron chi connectivity index (χ1n) is 9.85. The summed E-state index contributed by atoms with van der Waals surface area (Å²) in [5.74, 6) is 2.59. The third kappa shape index (κ3) is 3.62. The number of halogens is 1. The minimum atomic E-state index is -0.325. The molecular weight excluding hydrogens is 436 g/mol. The van der Waals surface area contributed by atoms with Crippen LogP contribution in [-0.2, 0) is 0 Å². The van der Waals surface area contributed by atoms with Gasteiger partial charge in [-0.15, -0.1) is 5.10 Å². The number of hydrogen-bond acceptors (Lipinski definition) is 7. The van der Waals surface area contributed by atoms with Crippen molar-refractivity contribution in [2.24, 2.45) is 0 Å². The molecule has 0 aromatic carbocycles. The van der Waals surface area contributed by atoms with Crippen molar-refractivity contribution in [2.45, 2.75) is 13.0 Å². The van der Waals surface area contributed by atoms with Crippen molar-refractivity contribution < 1.29 is 9.53 Å². The highest BCUT2D eigenvalue weighted by molar-refractivity contribution is 8.00. The van der Waals surface area contributed by atoms with Gasteiger partial charge in [0.25, 0.3) is 5.91 Å². The van der Waals surface area contributed by atoms with Gasteiger partial charge in [-0.1, -0.05) is 11.6 Å². The molecule has 0 bridgehead atoms. The number of nitrogens with zero attached hydrogens (tertiary/aromatic N) is 5. The lowest BCUT2D eigenvalue weighted by molar-refractivity contribution is 0.0552. The second-order valence-corrected chi connectivity index (χ2v) is 8.89. The summed E-state index contributed by atoms with van der Waals surface area (Å²) >= 11 is 8.24. The summed E-state index contributed by atoms with van der Waals surface area (Å²) in [6.07, 6.45) is 7.89. The summed E-state index contributed by atoms with van der Waals surface area (Å²) in [4.78, 5) is 17.5. The summed E-state index contributed by atoms with van der Waals surface area (Å²) in [6.45, 7) is 2.86. The fourth-order valence-corrected chi connectivity index (χ4v) is 4.66. The van der Waals surface area contributed by atoms with Gasteiger partial charge in [-0.05, 0) is 36.8 Å². The molecule has 3 aliphatic rings. The number of hydrogen-bond donors (Lipinski definition) is 1. The lowest BCUT2D eigenvalue weighted by atomic mass is 10.1. The Morgan fingerprint density at radius 1 is 1.39 bits per heavy atom. The van der Waals surface area contributed by atoms with E-state index in [9.17, 15) is 4.79 Å². The van der Waals surface area contributed by atoms with Gasteiger partial charge in [0.15, 0.2) is 5.82 Å². The van der Waals surface area contributed by atoms with E-state index in [1.54, 1.807) is 24.4 Å². The highest BCUT2D eigenvalue weighted by Crippen LogP contribution is 2.33. The molecule has 8 nitrogen and oxygen atoms in total. The maximum absolute atomic E-state index is 13.3. The van der Waals surface area contributed by atoms with Crippen molar-refractivity contribution in [1.82, 2.24) is 30.1 Å². The van der Waals surface area contributed by atoms with Crippen LogP contribution in [0.3, 0.4) is 0 Å². The Bertz CT molecular complexity index is 1140. The Morgan fingerprint density at radius 3 is 2.94 bits per heavy atom. The van der Waals surface area contributed by atoms with E-state index in [-0.39, 0.29) is 11.6 Å². The standard InChI is InChI=1S/C21H21ClN6O2S/c1-13-8-14-5-7-26(15-11-31-12-15)27(14)10-17(13)24-21(29)18-9-19(30-2)25-28(18)20-16(22)4-3-6-23-20/h3-6,8-10,15H,7,11-12H2,1-2H3,(H,24,29). The van der Waals surface area contributed by atoms with Gasteiger partial charge in [0.1, 0.15) is 5.69 Å². The molecule has 3 aliphatic heterocycles. The zero-order valence-corrected chi connectivity index (χ0v) is 18.7. The number of pyridine rings is 1. The summed E-state index contributed by atoms with van der Waals surface area (Å²) in [6, 6.07) is 5.52. The molecule has 0 unspecified atom stereocenters. The molecule has 0 radical (unpaired) electrons. The van der Waals surface area contributed by atoms with Gasteiger partial charge >= 0.3 is 0 Å². The van der Waals surface area contributed by atoms with Crippen LogP contribution in [-0.4, -0.2) is 61.9 Å². The number of fused-ring (bicyclic) bond motifs is 1. The average molecular weight is 457 g/mol. The van der Waals surface area contributed by atoms with Crippen LogP contribution in [0.1, 0.15) is 17.4 Å². The van der Waals surface area contributed by atoms with Gasteiger partial charge in [0, 0.05) is 42.6 Å². The van der Waals surface area contributed by atoms with Crippen molar-refractivity contribution in [3.8, 4) is 11.7 Å². The van der Waals surface area contributed by atoms with Gasteiger partial charge in [-0.25, -0.2) is 14.7 Å². The first-order chi connectivity index (χ1) is 15.0. The van der Waals surface area contributed by atoms with Crippen LogP contribution >= 0.6 is 23.4 Å². The zero-order valence-electron chi connectivity index (χ0n) is 17.1. The van der Waals surface area contributed by atoms with E-state index in [1.807, 2.05) is 24.9 Å². The van der Waals surface area contributed by atoms with Crippen molar-refractivity contribution in [2.75, 3.05) is 25.2 Å². The van der Waals surface area contributed by atoms with Crippen LogP contribution in [0.25, 0.3) is 5.82 Å². The van der Waals surface area contributed by atoms with E-state index in [0.29, 0.717) is 22.8 Å². The van der Waals surface area contributed by atoms with Crippen molar-refractivity contribution in [3.63, 3.8) is 0 Å². The number of ether oxygens (including phenoxy) is 1. The molecule has 1 amide bonds. The normalized spacial score (nSPS) is 18.7. The number of aromatic nitrogens is 3. The summed E-state index contributed by atoms with van der Waals surface area (Å²) in [5, 5.41) is 12.2. The third-order valence-electron chi connectivity index (χ3n) is 5.43. The Hall–Kier alpha value is -2.75. The average Bonchev–Trinajstić information content (AvgIpc) is 3.32. The SMILES string of the molecule is COc1cc(C(=O)NC2=CN3C(=CCN3C3CSC3)C=C2C)n(-c2ncccc2Cl)n1. The molecule has 1 N–H and O–H groups in total. The highest BCUT2D eigenvalue weighted by Gasteiger charge is 2.34. The van der Waals surface area contributed by atoms with E-state index >= 15 is 0 Å². The summed E-state index contributed by atoms with van der Waals surface area (Å²) in [5.41, 5.74) is 3.13. The molecule has 0 aliphatic carbocycles. The maximum atomic E-state index is 13.3. The second-order valence-electron chi connectivity index (χ2n) is 7.40. The molecule has 2 aromatic heterocycles. The first kappa shape index (κ1) is 20.2. The molecular formula is C21H21ClN6O2S. The van der Waals surface area contributed by atoms with Gasteiger partial charge in [-0.2, -0.15) is 11.8 Å². The zero-order chi connectivity index (χ0) is 21.5. The number of rotatable bonds is 5. The van der Waals surface area contributed by atoms with Gasteiger partial charge in [0.2, 0.25) is 5.88 Å². The lowest BCUT2D eigenvalue weighted by Crippen LogP contribution is -2.49. The molecule has 1 saturated heterocycles. The number of carbonyl (C=O) groups excluding carboxylic acids is 1. The number of methoxy groups -OCH3 is 1. The van der Waals surface area contributed by atoms with E-state index < -0.39 is 0 Å². The largest absolute Gasteiger partial charge is 0.480 e. The second kappa shape index (κ2) is 8.07. The minimum absolute atomic E-state index is 0.279. The third-order valence-corrected chi connectivity index (χ3v) is 6.96. The molecule has 5 rings (SSSR count). The predicted molar refractivity (Wildman–Crippen MR) is 120 cm³/mol. The molecule has 2 aromatic rings. The molecule has 0 atom stereocenters. The van der Waals surface area contributed by atoms with Crippen LogP contribution in [0, 0.1) is 0 Å². The quantitative estimate of drug-likeness (QED) is 0.741. The number of hydrazine groups is 1. The van der Waals surface area contributed by atoms with Gasteiger partial charge in [-0.3, -0.25) is 9.80 Å². The highest BCUT2D eigenvalue weighted by atomic mass is 35.5.